The summed E-state index contributed by atoms with van der Waals surface area (Å²) in [7, 11) is 0. The number of carboxylic acids is 1. The lowest BCUT2D eigenvalue weighted by molar-refractivity contribution is -0.143. The summed E-state index contributed by atoms with van der Waals surface area (Å²) in [5.41, 5.74) is -0.186. The third-order valence-corrected chi connectivity index (χ3v) is 3.94. The van der Waals surface area contributed by atoms with Gasteiger partial charge in [-0.1, -0.05) is 13.3 Å². The highest BCUT2D eigenvalue weighted by molar-refractivity contribution is 5.78. The van der Waals surface area contributed by atoms with E-state index in [4.69, 9.17) is 5.11 Å². The van der Waals surface area contributed by atoms with Crippen LogP contribution in [0.1, 0.15) is 52.9 Å². The van der Waals surface area contributed by atoms with Gasteiger partial charge in [-0.25, -0.2) is 0 Å². The summed E-state index contributed by atoms with van der Waals surface area (Å²) < 4.78 is 0. The lowest BCUT2D eigenvalue weighted by atomic mass is 9.86. The van der Waals surface area contributed by atoms with Crippen LogP contribution < -0.4 is 10.6 Å². The van der Waals surface area contributed by atoms with Crippen molar-refractivity contribution in [3.8, 4) is 0 Å². The zero-order valence-electron chi connectivity index (χ0n) is 12.2. The predicted octanol–water partition coefficient (Wildman–Crippen LogP) is 1.52. The van der Waals surface area contributed by atoms with Crippen molar-refractivity contribution in [1.82, 2.24) is 10.6 Å². The standard InChI is InChI=1S/C14H26N2O3/c1-4-14(2,3)16-12(17)9-15-11-7-5-6-10(8-11)13(18)19/h10-11,15H,4-9H2,1-3H3,(H,16,17)(H,18,19). The molecule has 5 heteroatoms. The van der Waals surface area contributed by atoms with E-state index in [9.17, 15) is 9.59 Å². The van der Waals surface area contributed by atoms with E-state index in [2.05, 4.69) is 10.6 Å². The minimum absolute atomic E-state index is 0.0238. The number of nitrogens with one attached hydrogen (secondary N) is 2. The molecule has 1 amide bonds. The molecule has 0 saturated heterocycles. The summed E-state index contributed by atoms with van der Waals surface area (Å²) in [6.45, 7) is 6.28. The van der Waals surface area contributed by atoms with Crippen LogP contribution in [-0.2, 0) is 9.59 Å². The van der Waals surface area contributed by atoms with E-state index in [1.165, 1.54) is 0 Å². The van der Waals surface area contributed by atoms with Gasteiger partial charge in [-0.15, -0.1) is 0 Å². The van der Waals surface area contributed by atoms with E-state index in [0.717, 1.165) is 25.7 Å². The first-order chi connectivity index (χ1) is 8.84. The third kappa shape index (κ3) is 5.59. The second kappa shape index (κ2) is 6.89. The van der Waals surface area contributed by atoms with Gasteiger partial charge in [0.15, 0.2) is 0 Å². The monoisotopic (exact) mass is 270 g/mol. The summed E-state index contributed by atoms with van der Waals surface area (Å²) in [6, 6.07) is 0.144. The highest BCUT2D eigenvalue weighted by atomic mass is 16.4. The number of carbonyl (C=O) groups excluding carboxylic acids is 1. The topological polar surface area (TPSA) is 78.4 Å². The molecule has 0 spiro atoms. The first-order valence-corrected chi connectivity index (χ1v) is 7.11. The van der Waals surface area contributed by atoms with E-state index in [-0.39, 0.29) is 30.0 Å². The Balaban J connectivity index is 2.32. The zero-order valence-corrected chi connectivity index (χ0v) is 12.2. The third-order valence-electron chi connectivity index (χ3n) is 3.94. The van der Waals surface area contributed by atoms with Crippen LogP contribution in [0.3, 0.4) is 0 Å². The van der Waals surface area contributed by atoms with Gasteiger partial charge in [0, 0.05) is 11.6 Å². The molecule has 0 aromatic rings. The fraction of sp³-hybridized carbons (Fsp3) is 0.857. The van der Waals surface area contributed by atoms with Crippen LogP contribution in [-0.4, -0.2) is 35.1 Å². The fourth-order valence-electron chi connectivity index (χ4n) is 2.35. The van der Waals surface area contributed by atoms with Crippen LogP contribution in [0.2, 0.25) is 0 Å². The van der Waals surface area contributed by atoms with Crippen molar-refractivity contribution < 1.29 is 14.7 Å². The molecule has 1 rings (SSSR count). The minimum Gasteiger partial charge on any atom is -0.481 e. The average molecular weight is 270 g/mol. The SMILES string of the molecule is CCC(C)(C)NC(=O)CNC1CCCC(C(=O)O)C1. The number of carbonyl (C=O) groups is 2. The molecule has 1 aliphatic carbocycles. The Hall–Kier alpha value is -1.10. The second-order valence-electron chi connectivity index (χ2n) is 6.07. The number of rotatable bonds is 6. The second-order valence-corrected chi connectivity index (χ2v) is 6.07. The predicted molar refractivity (Wildman–Crippen MR) is 73.9 cm³/mol. The molecule has 1 fully saturated rings. The molecular formula is C14H26N2O3. The van der Waals surface area contributed by atoms with E-state index in [1.54, 1.807) is 0 Å². The van der Waals surface area contributed by atoms with Gasteiger partial charge in [0.1, 0.15) is 0 Å². The summed E-state index contributed by atoms with van der Waals surface area (Å²) in [5.74, 6) is -1.01. The summed E-state index contributed by atoms with van der Waals surface area (Å²) >= 11 is 0. The number of hydrogen-bond donors (Lipinski definition) is 3. The maximum atomic E-state index is 11.8. The van der Waals surface area contributed by atoms with Crippen LogP contribution in [0.25, 0.3) is 0 Å². The van der Waals surface area contributed by atoms with Gasteiger partial charge in [0.25, 0.3) is 0 Å². The Morgan fingerprint density at radius 1 is 1.32 bits per heavy atom. The van der Waals surface area contributed by atoms with Gasteiger partial charge in [-0.2, -0.15) is 0 Å². The van der Waals surface area contributed by atoms with Crippen LogP contribution >= 0.6 is 0 Å². The van der Waals surface area contributed by atoms with Crippen molar-refractivity contribution in [2.24, 2.45) is 5.92 Å². The van der Waals surface area contributed by atoms with Crippen molar-refractivity contribution in [2.75, 3.05) is 6.54 Å². The first kappa shape index (κ1) is 16.0. The number of aliphatic carboxylic acids is 1. The normalized spacial score (nSPS) is 23.9. The Morgan fingerprint density at radius 2 is 2.00 bits per heavy atom. The van der Waals surface area contributed by atoms with Crippen molar-refractivity contribution in [3.63, 3.8) is 0 Å². The van der Waals surface area contributed by atoms with Gasteiger partial charge in [0.2, 0.25) is 5.91 Å². The number of amides is 1. The molecule has 0 radical (unpaired) electrons. The fourth-order valence-corrected chi connectivity index (χ4v) is 2.35. The van der Waals surface area contributed by atoms with Crippen molar-refractivity contribution in [1.29, 1.82) is 0 Å². The van der Waals surface area contributed by atoms with Crippen LogP contribution in [0.15, 0.2) is 0 Å². The molecule has 0 bridgehead atoms. The molecule has 0 aromatic carbocycles. The quantitative estimate of drug-likeness (QED) is 0.684. The van der Waals surface area contributed by atoms with E-state index >= 15 is 0 Å². The molecule has 1 saturated carbocycles. The van der Waals surface area contributed by atoms with E-state index in [0.29, 0.717) is 6.42 Å². The molecule has 5 nitrogen and oxygen atoms in total. The Labute approximate surface area is 115 Å². The maximum Gasteiger partial charge on any atom is 0.306 e. The lowest BCUT2D eigenvalue weighted by Gasteiger charge is -2.28. The molecule has 0 aliphatic heterocycles. The van der Waals surface area contributed by atoms with Gasteiger partial charge in [-0.05, 0) is 39.5 Å². The van der Waals surface area contributed by atoms with Gasteiger partial charge in [0.05, 0.1) is 12.5 Å². The van der Waals surface area contributed by atoms with Gasteiger partial charge >= 0.3 is 5.97 Å². The van der Waals surface area contributed by atoms with Crippen molar-refractivity contribution >= 4 is 11.9 Å². The van der Waals surface area contributed by atoms with Crippen molar-refractivity contribution in [2.45, 2.75) is 64.5 Å². The van der Waals surface area contributed by atoms with Gasteiger partial charge < -0.3 is 15.7 Å². The maximum absolute atomic E-state index is 11.8. The average Bonchev–Trinajstić information content (AvgIpc) is 2.36. The minimum atomic E-state index is -0.719. The molecule has 0 aromatic heterocycles. The number of hydrogen-bond acceptors (Lipinski definition) is 3. The van der Waals surface area contributed by atoms with E-state index < -0.39 is 5.97 Å². The Kier molecular flexibility index (Phi) is 5.79. The number of carboxylic acid groups (broad SMARTS) is 1. The zero-order chi connectivity index (χ0) is 14.5. The Bertz CT molecular complexity index is 329. The molecule has 1 aliphatic rings. The molecule has 3 N–H and O–H groups in total. The summed E-state index contributed by atoms with van der Waals surface area (Å²) in [6.07, 6.45) is 4.12. The first-order valence-electron chi connectivity index (χ1n) is 7.11. The molecule has 2 unspecified atom stereocenters. The highest BCUT2D eigenvalue weighted by Crippen LogP contribution is 2.24. The molecule has 19 heavy (non-hydrogen) atoms. The molecule has 0 heterocycles. The molecule has 110 valence electrons. The van der Waals surface area contributed by atoms with Crippen LogP contribution in [0.5, 0.6) is 0 Å². The largest absolute Gasteiger partial charge is 0.481 e. The highest BCUT2D eigenvalue weighted by Gasteiger charge is 2.27. The summed E-state index contributed by atoms with van der Waals surface area (Å²) in [5, 5.41) is 15.2. The van der Waals surface area contributed by atoms with Crippen LogP contribution in [0.4, 0.5) is 0 Å². The smallest absolute Gasteiger partial charge is 0.306 e. The van der Waals surface area contributed by atoms with Gasteiger partial charge in [-0.3, -0.25) is 9.59 Å². The molecule has 2 atom stereocenters. The van der Waals surface area contributed by atoms with Crippen LogP contribution in [0, 0.1) is 5.92 Å². The van der Waals surface area contributed by atoms with Crippen molar-refractivity contribution in [3.05, 3.63) is 0 Å². The lowest BCUT2D eigenvalue weighted by Crippen LogP contribution is -2.48. The van der Waals surface area contributed by atoms with E-state index in [1.807, 2.05) is 20.8 Å². The Morgan fingerprint density at radius 3 is 2.58 bits per heavy atom. The summed E-state index contributed by atoms with van der Waals surface area (Å²) in [4.78, 5) is 22.7. The molecular weight excluding hydrogens is 244 g/mol.